The molecular formula is C13H16ClFN2O2. The highest BCUT2D eigenvalue weighted by Gasteiger charge is 2.27. The molecule has 0 aromatic carbocycles. The summed E-state index contributed by atoms with van der Waals surface area (Å²) in [6.07, 6.45) is 0.155. The smallest absolute Gasteiger partial charge is 0.410 e. The first-order chi connectivity index (χ1) is 8.76. The fourth-order valence-corrected chi connectivity index (χ4v) is 2.06. The number of amides is 1. The molecule has 0 aliphatic carbocycles. The Balaban J connectivity index is 2.14. The van der Waals surface area contributed by atoms with Crippen LogP contribution in [0, 0.1) is 5.82 Å². The predicted molar refractivity (Wildman–Crippen MR) is 69.6 cm³/mol. The molecular weight excluding hydrogens is 271 g/mol. The summed E-state index contributed by atoms with van der Waals surface area (Å²) in [5.74, 6) is -0.563. The van der Waals surface area contributed by atoms with Crippen LogP contribution in [0.25, 0.3) is 0 Å². The lowest BCUT2D eigenvalue weighted by Gasteiger charge is -2.30. The van der Waals surface area contributed by atoms with Crippen LogP contribution in [0.1, 0.15) is 32.0 Å². The third-order valence-corrected chi connectivity index (χ3v) is 3.00. The number of rotatable bonds is 0. The third-order valence-electron chi connectivity index (χ3n) is 2.73. The van der Waals surface area contributed by atoms with Crippen molar-refractivity contribution >= 4 is 17.7 Å². The van der Waals surface area contributed by atoms with E-state index >= 15 is 0 Å². The van der Waals surface area contributed by atoms with Gasteiger partial charge in [-0.05, 0) is 32.4 Å². The molecule has 0 spiro atoms. The Kier molecular flexibility index (Phi) is 3.67. The van der Waals surface area contributed by atoms with Gasteiger partial charge in [0.1, 0.15) is 5.60 Å². The fourth-order valence-electron chi connectivity index (χ4n) is 1.90. The lowest BCUT2D eigenvalue weighted by molar-refractivity contribution is 0.0222. The number of nitrogens with zero attached hydrogens (tertiary/aromatic N) is 2. The van der Waals surface area contributed by atoms with Crippen LogP contribution in [-0.2, 0) is 17.7 Å². The molecule has 0 fully saturated rings. The first-order valence-electron chi connectivity index (χ1n) is 6.08. The Morgan fingerprint density at radius 1 is 1.53 bits per heavy atom. The summed E-state index contributed by atoms with van der Waals surface area (Å²) in [7, 11) is 0. The van der Waals surface area contributed by atoms with Gasteiger partial charge in [-0.3, -0.25) is 0 Å². The lowest BCUT2D eigenvalue weighted by Crippen LogP contribution is -2.40. The van der Waals surface area contributed by atoms with Gasteiger partial charge >= 0.3 is 6.09 Å². The molecule has 0 saturated heterocycles. The van der Waals surface area contributed by atoms with E-state index in [0.717, 1.165) is 5.69 Å². The van der Waals surface area contributed by atoms with E-state index in [9.17, 15) is 9.18 Å². The van der Waals surface area contributed by atoms with Gasteiger partial charge in [-0.25, -0.2) is 14.2 Å². The molecule has 1 aromatic rings. The molecule has 1 aliphatic rings. The third kappa shape index (κ3) is 3.35. The first-order valence-corrected chi connectivity index (χ1v) is 6.46. The minimum Gasteiger partial charge on any atom is -0.444 e. The normalized spacial score (nSPS) is 15.1. The van der Waals surface area contributed by atoms with Crippen LogP contribution in [0.3, 0.4) is 0 Å². The molecule has 0 radical (unpaired) electrons. The highest BCUT2D eigenvalue weighted by molar-refractivity contribution is 6.29. The molecule has 104 valence electrons. The molecule has 0 unspecified atom stereocenters. The number of aromatic nitrogens is 1. The zero-order valence-corrected chi connectivity index (χ0v) is 11.9. The van der Waals surface area contributed by atoms with Crippen molar-refractivity contribution in [1.29, 1.82) is 0 Å². The van der Waals surface area contributed by atoms with Crippen LogP contribution in [0.2, 0.25) is 5.15 Å². The molecule has 4 nitrogen and oxygen atoms in total. The van der Waals surface area contributed by atoms with Crippen LogP contribution < -0.4 is 0 Å². The van der Waals surface area contributed by atoms with Crippen molar-refractivity contribution in [2.75, 3.05) is 6.54 Å². The Bertz CT molecular complexity index is 514. The van der Waals surface area contributed by atoms with Gasteiger partial charge in [-0.2, -0.15) is 0 Å². The SMILES string of the molecule is CC(C)(C)OC(=O)N1CCc2nc(Cl)c(F)cc2C1. The molecule has 19 heavy (non-hydrogen) atoms. The summed E-state index contributed by atoms with van der Waals surface area (Å²) in [5.41, 5.74) is 0.881. The van der Waals surface area contributed by atoms with Crippen molar-refractivity contribution in [3.63, 3.8) is 0 Å². The highest BCUT2D eigenvalue weighted by Crippen LogP contribution is 2.23. The minimum atomic E-state index is -0.563. The van der Waals surface area contributed by atoms with Crippen molar-refractivity contribution in [2.24, 2.45) is 0 Å². The standard InChI is InChI=1S/C13H16ClFN2O2/c1-13(2,3)19-12(18)17-5-4-10-8(7-17)6-9(15)11(14)16-10/h6H,4-5,7H2,1-3H3. The molecule has 0 N–H and O–H groups in total. The van der Waals surface area contributed by atoms with E-state index in [2.05, 4.69) is 4.98 Å². The first kappa shape index (κ1) is 14.1. The Morgan fingerprint density at radius 3 is 2.84 bits per heavy atom. The number of carbonyl (C=O) groups is 1. The summed E-state index contributed by atoms with van der Waals surface area (Å²) in [5, 5.41) is -0.121. The highest BCUT2D eigenvalue weighted by atomic mass is 35.5. The van der Waals surface area contributed by atoms with Crippen molar-refractivity contribution in [1.82, 2.24) is 9.88 Å². The number of halogens is 2. The molecule has 6 heteroatoms. The molecule has 2 rings (SSSR count). The van der Waals surface area contributed by atoms with E-state index in [1.807, 2.05) is 20.8 Å². The Morgan fingerprint density at radius 2 is 2.21 bits per heavy atom. The van der Waals surface area contributed by atoms with Crippen molar-refractivity contribution in [2.45, 2.75) is 39.3 Å². The van der Waals surface area contributed by atoms with E-state index < -0.39 is 17.5 Å². The maximum absolute atomic E-state index is 13.4. The van der Waals surface area contributed by atoms with Crippen molar-refractivity contribution in [3.05, 3.63) is 28.3 Å². The summed E-state index contributed by atoms with van der Waals surface area (Å²) in [6.45, 7) is 6.22. The topological polar surface area (TPSA) is 42.4 Å². The largest absolute Gasteiger partial charge is 0.444 e. The van der Waals surface area contributed by atoms with Gasteiger partial charge < -0.3 is 9.64 Å². The van der Waals surface area contributed by atoms with Crippen LogP contribution in [0.15, 0.2) is 6.07 Å². The zero-order chi connectivity index (χ0) is 14.2. The van der Waals surface area contributed by atoms with E-state index in [1.54, 1.807) is 4.90 Å². The maximum atomic E-state index is 13.4. The van der Waals surface area contributed by atoms with Gasteiger partial charge in [0.25, 0.3) is 0 Å². The molecule has 0 saturated carbocycles. The van der Waals surface area contributed by atoms with Crippen LogP contribution in [0.5, 0.6) is 0 Å². The van der Waals surface area contributed by atoms with Gasteiger partial charge in [0.05, 0.1) is 6.54 Å². The summed E-state index contributed by atoms with van der Waals surface area (Å²) in [6, 6.07) is 1.33. The summed E-state index contributed by atoms with van der Waals surface area (Å²) < 4.78 is 18.7. The number of carbonyl (C=O) groups excluding carboxylic acids is 1. The van der Waals surface area contributed by atoms with Gasteiger partial charge in [0.2, 0.25) is 0 Å². The minimum absolute atomic E-state index is 0.121. The van der Waals surface area contributed by atoms with E-state index in [-0.39, 0.29) is 5.15 Å². The second-order valence-electron chi connectivity index (χ2n) is 5.52. The second kappa shape index (κ2) is 4.96. The molecule has 0 bridgehead atoms. The molecule has 0 atom stereocenters. The number of ether oxygens (including phenoxy) is 1. The van der Waals surface area contributed by atoms with Crippen molar-refractivity contribution < 1.29 is 13.9 Å². The van der Waals surface area contributed by atoms with Gasteiger partial charge in [-0.1, -0.05) is 11.6 Å². The van der Waals surface area contributed by atoms with E-state index in [4.69, 9.17) is 16.3 Å². The molecule has 2 heterocycles. The van der Waals surface area contributed by atoms with E-state index in [0.29, 0.717) is 25.1 Å². The van der Waals surface area contributed by atoms with Crippen LogP contribution >= 0.6 is 11.6 Å². The quantitative estimate of drug-likeness (QED) is 0.688. The predicted octanol–water partition coefficient (Wildman–Crippen LogP) is 3.17. The monoisotopic (exact) mass is 286 g/mol. The Hall–Kier alpha value is -1.36. The Labute approximate surface area is 116 Å². The van der Waals surface area contributed by atoms with Crippen LogP contribution in [0.4, 0.5) is 9.18 Å². The second-order valence-corrected chi connectivity index (χ2v) is 5.88. The number of fused-ring (bicyclic) bond motifs is 1. The number of hydrogen-bond donors (Lipinski definition) is 0. The molecule has 1 amide bonds. The van der Waals surface area contributed by atoms with E-state index in [1.165, 1.54) is 6.07 Å². The van der Waals surface area contributed by atoms with Crippen molar-refractivity contribution in [3.8, 4) is 0 Å². The van der Waals surface area contributed by atoms with Gasteiger partial charge in [-0.15, -0.1) is 0 Å². The van der Waals surface area contributed by atoms with Gasteiger partial charge in [0.15, 0.2) is 11.0 Å². The van der Waals surface area contributed by atoms with Crippen LogP contribution in [-0.4, -0.2) is 28.1 Å². The lowest BCUT2D eigenvalue weighted by atomic mass is 10.1. The number of pyridine rings is 1. The average molecular weight is 287 g/mol. The zero-order valence-electron chi connectivity index (χ0n) is 11.2. The van der Waals surface area contributed by atoms with Gasteiger partial charge in [0, 0.05) is 18.7 Å². The fraction of sp³-hybridized carbons (Fsp3) is 0.538. The molecule has 1 aliphatic heterocycles. The summed E-state index contributed by atoms with van der Waals surface area (Å²) >= 11 is 5.64. The maximum Gasteiger partial charge on any atom is 0.410 e. The number of hydrogen-bond acceptors (Lipinski definition) is 3. The summed E-state index contributed by atoms with van der Waals surface area (Å²) in [4.78, 5) is 17.5. The average Bonchev–Trinajstić information content (AvgIpc) is 2.27. The molecule has 1 aromatic heterocycles.